The quantitative estimate of drug-likeness (QED) is 0.382. The zero-order valence-electron chi connectivity index (χ0n) is 20.5. The number of ether oxygens (including phenoxy) is 2. The van der Waals surface area contributed by atoms with Gasteiger partial charge < -0.3 is 23.6 Å². The molecule has 192 valence electrons. The molecule has 5 rings (SSSR count). The maximum absolute atomic E-state index is 15.6. The summed E-state index contributed by atoms with van der Waals surface area (Å²) in [6.45, 7) is 6.26. The predicted molar refractivity (Wildman–Crippen MR) is 140 cm³/mol. The van der Waals surface area contributed by atoms with E-state index in [1.165, 1.54) is 0 Å². The number of hydrogen-bond donors (Lipinski definition) is 1. The van der Waals surface area contributed by atoms with Crippen molar-refractivity contribution in [1.82, 2.24) is 0 Å². The first-order chi connectivity index (χ1) is 17.1. The Balaban J connectivity index is 1.50. The lowest BCUT2D eigenvalue weighted by atomic mass is 9.82. The zero-order valence-corrected chi connectivity index (χ0v) is 23.1. The first-order valence-corrected chi connectivity index (χ1v) is 16.0. The first kappa shape index (κ1) is 25.4. The third-order valence-corrected chi connectivity index (χ3v) is 10.6. The van der Waals surface area contributed by atoms with E-state index in [4.69, 9.17) is 9.47 Å². The van der Waals surface area contributed by atoms with E-state index in [1.54, 1.807) is 22.9 Å². The third kappa shape index (κ3) is 3.98. The number of anilines is 2. The van der Waals surface area contributed by atoms with Gasteiger partial charge in [-0.2, -0.15) is 0 Å². The van der Waals surface area contributed by atoms with Gasteiger partial charge >= 0.3 is 6.09 Å². The number of aliphatic hydroxyl groups excluding tert-OH is 1. The second-order valence-electron chi connectivity index (χ2n) is 10.3. The summed E-state index contributed by atoms with van der Waals surface area (Å²) in [6.07, 6.45) is -0.613. The fourth-order valence-electron chi connectivity index (χ4n) is 6.17. The largest absolute Gasteiger partial charge is 0.447 e. The molecule has 0 bridgehead atoms. The van der Waals surface area contributed by atoms with Gasteiger partial charge in [0.1, 0.15) is 6.61 Å². The van der Waals surface area contributed by atoms with Gasteiger partial charge in [0.15, 0.2) is 5.60 Å². The number of aliphatic hydroxyl groups is 1. The molecule has 10 heteroatoms. The Kier molecular flexibility index (Phi) is 6.51. The van der Waals surface area contributed by atoms with Gasteiger partial charge in [0.05, 0.1) is 24.9 Å². The highest BCUT2D eigenvalue weighted by Gasteiger charge is 2.66. The highest BCUT2D eigenvalue weighted by Crippen LogP contribution is 2.60. The second kappa shape index (κ2) is 9.23. The van der Waals surface area contributed by atoms with Crippen LogP contribution in [0.3, 0.4) is 0 Å². The Bertz CT molecular complexity index is 1190. The fourth-order valence-corrected chi connectivity index (χ4v) is 9.07. The van der Waals surface area contributed by atoms with Gasteiger partial charge in [-0.3, -0.25) is 9.69 Å². The van der Waals surface area contributed by atoms with Gasteiger partial charge in [0.2, 0.25) is 8.41 Å². The summed E-state index contributed by atoms with van der Waals surface area (Å²) in [5.74, 6) is -0.603. The Morgan fingerprint density at radius 1 is 1.19 bits per heavy atom. The molecule has 0 aromatic heterocycles. The lowest BCUT2D eigenvalue weighted by Gasteiger charge is -2.31. The van der Waals surface area contributed by atoms with Crippen molar-refractivity contribution in [3.05, 3.63) is 58.1 Å². The maximum Gasteiger partial charge on any atom is 0.414 e. The summed E-state index contributed by atoms with van der Waals surface area (Å²) in [5, 5.41) is 9.68. The maximum atomic E-state index is 15.6. The Morgan fingerprint density at radius 3 is 2.53 bits per heavy atom. The lowest BCUT2D eigenvalue weighted by molar-refractivity contribution is -0.146. The molecule has 0 radical (unpaired) electrons. The average molecular weight is 578 g/mol. The number of hydrogen-bond acceptors (Lipinski definition) is 5. The SMILES string of the molecule is C[C@@H]1[C@@H]([Si](C)(C)F)[C@H](CCO)O[C@@]12C(=O)N(Cc1ccc(N3CCOC3=O)cc1)c1ccc(Br)cc12. The molecular formula is C26H30BrFN2O5Si. The van der Waals surface area contributed by atoms with Crippen molar-refractivity contribution in [2.75, 3.05) is 29.6 Å². The average Bonchev–Trinajstić information content (AvgIpc) is 3.44. The number of amides is 2. The summed E-state index contributed by atoms with van der Waals surface area (Å²) >= 11 is 3.53. The predicted octanol–water partition coefficient (Wildman–Crippen LogP) is 5.11. The lowest BCUT2D eigenvalue weighted by Crippen LogP contribution is -2.45. The van der Waals surface area contributed by atoms with Crippen molar-refractivity contribution in [3.63, 3.8) is 0 Å². The van der Waals surface area contributed by atoms with Gasteiger partial charge in [-0.25, -0.2) is 4.79 Å². The van der Waals surface area contributed by atoms with E-state index in [0.29, 0.717) is 19.7 Å². The van der Waals surface area contributed by atoms with Crippen LogP contribution in [0.15, 0.2) is 46.9 Å². The second-order valence-corrected chi connectivity index (χ2v) is 15.0. The molecule has 0 unspecified atom stereocenters. The van der Waals surface area contributed by atoms with E-state index in [1.807, 2.05) is 49.4 Å². The fraction of sp³-hybridized carbons (Fsp3) is 0.462. The molecule has 4 atom stereocenters. The molecule has 3 heterocycles. The van der Waals surface area contributed by atoms with Gasteiger partial charge in [-0.15, -0.1) is 0 Å². The third-order valence-electron chi connectivity index (χ3n) is 7.69. The smallest absolute Gasteiger partial charge is 0.414 e. The Hall–Kier alpha value is -2.27. The summed E-state index contributed by atoms with van der Waals surface area (Å²) in [6, 6.07) is 13.2. The Labute approximate surface area is 219 Å². The Morgan fingerprint density at radius 2 is 1.92 bits per heavy atom. The molecular weight excluding hydrogens is 547 g/mol. The number of cyclic esters (lactones) is 1. The highest BCUT2D eigenvalue weighted by molar-refractivity contribution is 9.10. The van der Waals surface area contributed by atoms with Crippen LogP contribution in [0.2, 0.25) is 18.6 Å². The van der Waals surface area contributed by atoms with Crippen LogP contribution >= 0.6 is 15.9 Å². The number of benzene rings is 2. The number of rotatable bonds is 6. The number of fused-ring (bicyclic) bond motifs is 2. The molecule has 1 N–H and O–H groups in total. The van der Waals surface area contributed by atoms with Crippen LogP contribution in [-0.4, -0.2) is 51.4 Å². The summed E-state index contributed by atoms with van der Waals surface area (Å²) in [5.41, 5.74) is 1.37. The number of carbonyl (C=O) groups excluding carboxylic acids is 2. The van der Waals surface area contributed by atoms with Crippen LogP contribution in [0.1, 0.15) is 24.5 Å². The van der Waals surface area contributed by atoms with Crippen LogP contribution in [0.5, 0.6) is 0 Å². The van der Waals surface area contributed by atoms with E-state index in [9.17, 15) is 14.7 Å². The van der Waals surface area contributed by atoms with Crippen molar-refractivity contribution in [2.24, 2.45) is 5.92 Å². The van der Waals surface area contributed by atoms with Gasteiger partial charge in [0, 0.05) is 33.8 Å². The van der Waals surface area contributed by atoms with Gasteiger partial charge in [0.25, 0.3) is 5.91 Å². The topological polar surface area (TPSA) is 79.3 Å². The molecule has 1 spiro atoms. The summed E-state index contributed by atoms with van der Waals surface area (Å²) < 4.78 is 27.9. The van der Waals surface area contributed by atoms with Gasteiger partial charge in [-0.05, 0) is 55.4 Å². The normalized spacial score (nSPS) is 27.8. The first-order valence-electron chi connectivity index (χ1n) is 12.2. The van der Waals surface area contributed by atoms with E-state index in [-0.39, 0.29) is 25.0 Å². The van der Waals surface area contributed by atoms with E-state index >= 15 is 4.11 Å². The van der Waals surface area contributed by atoms with Crippen molar-refractivity contribution in [1.29, 1.82) is 0 Å². The van der Waals surface area contributed by atoms with Crippen LogP contribution in [0.25, 0.3) is 0 Å². The summed E-state index contributed by atoms with van der Waals surface area (Å²) in [4.78, 5) is 29.4. The van der Waals surface area contributed by atoms with Crippen molar-refractivity contribution >= 4 is 47.7 Å². The molecule has 3 aliphatic heterocycles. The molecule has 2 amide bonds. The molecule has 0 aliphatic carbocycles. The molecule has 2 aromatic rings. The van der Waals surface area contributed by atoms with Crippen LogP contribution in [0, 0.1) is 5.92 Å². The highest BCUT2D eigenvalue weighted by atomic mass is 79.9. The van der Waals surface area contributed by atoms with Crippen LogP contribution in [-0.2, 0) is 26.4 Å². The number of halogens is 2. The molecule has 7 nitrogen and oxygen atoms in total. The van der Waals surface area contributed by atoms with Crippen molar-refractivity contribution in [2.45, 2.75) is 50.2 Å². The molecule has 36 heavy (non-hydrogen) atoms. The molecule has 2 saturated heterocycles. The monoisotopic (exact) mass is 576 g/mol. The van der Waals surface area contributed by atoms with E-state index in [2.05, 4.69) is 15.9 Å². The van der Waals surface area contributed by atoms with E-state index in [0.717, 1.165) is 27.0 Å². The van der Waals surface area contributed by atoms with Gasteiger partial charge in [-0.1, -0.05) is 35.0 Å². The molecule has 2 fully saturated rings. The van der Waals surface area contributed by atoms with Crippen molar-refractivity contribution < 1.29 is 28.3 Å². The van der Waals surface area contributed by atoms with E-state index < -0.39 is 31.6 Å². The molecule has 3 aliphatic rings. The van der Waals surface area contributed by atoms with Crippen molar-refractivity contribution in [3.8, 4) is 0 Å². The van der Waals surface area contributed by atoms with Crippen LogP contribution in [0.4, 0.5) is 20.3 Å². The standard InChI is InChI=1S/C26H30BrFN2O5Si/c1-16-23(36(2,3)28)22(10-12-31)35-26(16)20-14-18(27)6-9-21(20)30(24(26)32)15-17-4-7-19(8-5-17)29-11-13-34-25(29)33/h4-9,14,16,22-23,31H,10-13,15H2,1-3H3/t16-,22+,23-,26+/m1/s1. The number of carbonyl (C=O) groups is 2. The minimum Gasteiger partial charge on any atom is -0.447 e. The zero-order chi connectivity index (χ0) is 25.8. The summed E-state index contributed by atoms with van der Waals surface area (Å²) in [7, 11) is -3.23. The molecule has 2 aromatic carbocycles. The molecule has 0 saturated carbocycles. The minimum atomic E-state index is -3.23. The van der Waals surface area contributed by atoms with Crippen LogP contribution < -0.4 is 9.80 Å². The minimum absolute atomic E-state index is 0.130. The number of nitrogens with zero attached hydrogens (tertiary/aromatic N) is 2.